The first-order chi connectivity index (χ1) is 10.7. The monoisotopic (exact) mass is 324 g/mol. The number of alkyl halides is 3. The number of Topliss-reactive ketones (excluding diaryl/α,β-unsaturated/α-hetero) is 1. The highest BCUT2D eigenvalue weighted by Gasteiger charge is 2.36. The molecule has 0 bridgehead atoms. The number of furan rings is 1. The minimum absolute atomic E-state index is 0.0165. The lowest BCUT2D eigenvalue weighted by atomic mass is 10.2. The van der Waals surface area contributed by atoms with Crippen LogP contribution in [0.5, 0.6) is 0 Å². The fraction of sp³-hybridized carbons (Fsp3) is 0.286. The molecule has 0 amide bonds. The number of fused-ring (bicyclic) bond motifs is 1. The summed E-state index contributed by atoms with van der Waals surface area (Å²) in [4.78, 5) is 19.0. The summed E-state index contributed by atoms with van der Waals surface area (Å²) in [5.41, 5.74) is 0.253. The predicted molar refractivity (Wildman–Crippen MR) is 72.6 cm³/mol. The summed E-state index contributed by atoms with van der Waals surface area (Å²) < 4.78 is 44.9. The molecule has 0 saturated carbocycles. The van der Waals surface area contributed by atoms with Crippen molar-refractivity contribution < 1.29 is 22.4 Å². The fourth-order valence-corrected chi connectivity index (χ4v) is 2.12. The topological polar surface area (TPSA) is 73.3 Å². The van der Waals surface area contributed by atoms with Crippen LogP contribution >= 0.6 is 0 Å². The summed E-state index contributed by atoms with van der Waals surface area (Å²) in [5.74, 6) is -0.558. The number of aromatic nitrogens is 4. The molecule has 3 aromatic rings. The summed E-state index contributed by atoms with van der Waals surface area (Å²) in [6.45, 7) is 3.07. The first-order valence-electron chi connectivity index (χ1n) is 6.64. The van der Waals surface area contributed by atoms with E-state index in [4.69, 9.17) is 4.42 Å². The quantitative estimate of drug-likeness (QED) is 0.741. The van der Waals surface area contributed by atoms with Crippen LogP contribution in [0.15, 0.2) is 22.6 Å². The van der Waals surface area contributed by atoms with Crippen LogP contribution in [0, 0.1) is 6.92 Å². The molecule has 0 N–H and O–H groups in total. The Labute approximate surface area is 128 Å². The summed E-state index contributed by atoms with van der Waals surface area (Å²) in [5, 5.41) is 3.46. The van der Waals surface area contributed by atoms with E-state index >= 15 is 0 Å². The van der Waals surface area contributed by atoms with Crippen molar-refractivity contribution in [1.82, 2.24) is 19.6 Å². The van der Waals surface area contributed by atoms with Crippen molar-refractivity contribution in [2.75, 3.05) is 0 Å². The molecule has 0 aliphatic heterocycles. The second-order valence-electron chi connectivity index (χ2n) is 5.06. The molecule has 0 aliphatic rings. The van der Waals surface area contributed by atoms with Crippen molar-refractivity contribution in [3.05, 3.63) is 35.5 Å². The average Bonchev–Trinajstić information content (AvgIpc) is 3.02. The van der Waals surface area contributed by atoms with Crippen molar-refractivity contribution in [2.45, 2.75) is 26.4 Å². The highest BCUT2D eigenvalue weighted by Crippen LogP contribution is 2.28. The van der Waals surface area contributed by atoms with Gasteiger partial charge in [0.2, 0.25) is 0 Å². The van der Waals surface area contributed by atoms with Crippen LogP contribution in [-0.2, 0) is 17.4 Å². The number of halogens is 3. The van der Waals surface area contributed by atoms with E-state index in [0.717, 1.165) is 4.52 Å². The van der Waals surface area contributed by atoms with Gasteiger partial charge in [-0.15, -0.1) is 5.10 Å². The Morgan fingerprint density at radius 3 is 2.61 bits per heavy atom. The molecule has 0 saturated heterocycles. The molecule has 0 spiro atoms. The first-order valence-corrected chi connectivity index (χ1v) is 6.64. The largest absolute Gasteiger partial charge is 0.458 e. The van der Waals surface area contributed by atoms with Crippen molar-refractivity contribution in [1.29, 1.82) is 0 Å². The highest BCUT2D eigenvalue weighted by atomic mass is 19.4. The maximum atomic E-state index is 12.8. The van der Waals surface area contributed by atoms with Crippen LogP contribution in [0.2, 0.25) is 0 Å². The molecule has 9 heteroatoms. The molecule has 0 aliphatic carbocycles. The molecule has 6 nitrogen and oxygen atoms in total. The van der Waals surface area contributed by atoms with Crippen LogP contribution in [0.25, 0.3) is 17.2 Å². The van der Waals surface area contributed by atoms with Crippen LogP contribution < -0.4 is 0 Å². The Morgan fingerprint density at radius 1 is 1.30 bits per heavy atom. The number of ketones is 1. The number of rotatable bonds is 3. The molecule has 0 fully saturated rings. The molecular formula is C14H11F3N4O2. The third kappa shape index (κ3) is 2.94. The van der Waals surface area contributed by atoms with E-state index in [1.807, 2.05) is 0 Å². The summed E-state index contributed by atoms with van der Waals surface area (Å²) >= 11 is 0. The van der Waals surface area contributed by atoms with E-state index in [0.29, 0.717) is 11.5 Å². The standard InChI is InChI=1S/C14H11F3N4O2/c1-7(22)5-9-6-11-19-13(14(15,16)17)20-21(11)12(18-9)10-4-3-8(2)23-10/h3-4,6H,5H2,1-2H3. The third-order valence-electron chi connectivity index (χ3n) is 3.02. The minimum atomic E-state index is -4.68. The lowest BCUT2D eigenvalue weighted by Crippen LogP contribution is -2.08. The van der Waals surface area contributed by atoms with Gasteiger partial charge in [0.1, 0.15) is 11.5 Å². The van der Waals surface area contributed by atoms with Gasteiger partial charge in [-0.2, -0.15) is 17.7 Å². The molecular weight excluding hydrogens is 313 g/mol. The Bertz CT molecular complexity index is 895. The van der Waals surface area contributed by atoms with Crippen LogP contribution in [0.4, 0.5) is 13.2 Å². The van der Waals surface area contributed by atoms with E-state index in [-0.39, 0.29) is 29.4 Å². The van der Waals surface area contributed by atoms with E-state index in [1.165, 1.54) is 13.0 Å². The minimum Gasteiger partial charge on any atom is -0.458 e. The van der Waals surface area contributed by atoms with Gasteiger partial charge in [0.15, 0.2) is 17.2 Å². The molecule has 0 unspecified atom stereocenters. The number of carbonyl (C=O) groups is 1. The predicted octanol–water partition coefficient (Wildman–Crippen LogP) is 2.84. The molecule has 0 radical (unpaired) electrons. The van der Waals surface area contributed by atoms with Crippen molar-refractivity contribution in [3.63, 3.8) is 0 Å². The smallest absolute Gasteiger partial charge is 0.453 e. The first kappa shape index (κ1) is 15.2. The van der Waals surface area contributed by atoms with Gasteiger partial charge in [-0.25, -0.2) is 9.97 Å². The maximum Gasteiger partial charge on any atom is 0.453 e. The van der Waals surface area contributed by atoms with Gasteiger partial charge in [-0.05, 0) is 26.0 Å². The van der Waals surface area contributed by atoms with E-state index in [2.05, 4.69) is 15.1 Å². The van der Waals surface area contributed by atoms with Gasteiger partial charge >= 0.3 is 6.18 Å². The molecule has 3 rings (SSSR count). The van der Waals surface area contributed by atoms with E-state index < -0.39 is 12.0 Å². The second kappa shape index (κ2) is 5.18. The van der Waals surface area contributed by atoms with Gasteiger partial charge in [-0.1, -0.05) is 0 Å². The van der Waals surface area contributed by atoms with E-state index in [9.17, 15) is 18.0 Å². The molecule has 120 valence electrons. The summed E-state index contributed by atoms with van der Waals surface area (Å²) in [6, 6.07) is 4.54. The zero-order valence-electron chi connectivity index (χ0n) is 12.2. The summed E-state index contributed by atoms with van der Waals surface area (Å²) in [7, 11) is 0. The Balaban J connectivity index is 2.25. The van der Waals surface area contributed by atoms with Crippen LogP contribution in [-0.4, -0.2) is 25.4 Å². The van der Waals surface area contributed by atoms with Crippen LogP contribution in [0.1, 0.15) is 24.2 Å². The number of nitrogens with zero attached hydrogens (tertiary/aromatic N) is 4. The normalized spacial score (nSPS) is 12.0. The zero-order valence-corrected chi connectivity index (χ0v) is 12.2. The lowest BCUT2D eigenvalue weighted by Gasteiger charge is -2.04. The SMILES string of the molecule is CC(=O)Cc1cc2nc(C(F)(F)F)nn2c(-c2ccc(C)o2)n1. The van der Waals surface area contributed by atoms with Gasteiger partial charge in [-0.3, -0.25) is 4.79 Å². The zero-order chi connectivity index (χ0) is 16.8. The van der Waals surface area contributed by atoms with Gasteiger partial charge in [0, 0.05) is 12.5 Å². The lowest BCUT2D eigenvalue weighted by molar-refractivity contribution is -0.144. The average molecular weight is 324 g/mol. The summed E-state index contributed by atoms with van der Waals surface area (Å²) in [6.07, 6.45) is -4.69. The Hall–Kier alpha value is -2.71. The Kier molecular flexibility index (Phi) is 3.42. The number of carbonyl (C=O) groups excluding carboxylic acids is 1. The molecule has 3 aromatic heterocycles. The van der Waals surface area contributed by atoms with Crippen molar-refractivity contribution in [3.8, 4) is 11.6 Å². The van der Waals surface area contributed by atoms with Gasteiger partial charge < -0.3 is 4.42 Å². The number of aryl methyl sites for hydroxylation is 1. The van der Waals surface area contributed by atoms with Gasteiger partial charge in [0.05, 0.1) is 5.69 Å². The number of hydrogen-bond donors (Lipinski definition) is 0. The molecule has 0 atom stereocenters. The molecule has 23 heavy (non-hydrogen) atoms. The van der Waals surface area contributed by atoms with Crippen molar-refractivity contribution in [2.24, 2.45) is 0 Å². The van der Waals surface area contributed by atoms with Crippen molar-refractivity contribution >= 4 is 11.4 Å². The molecule has 3 heterocycles. The second-order valence-corrected chi connectivity index (χ2v) is 5.06. The molecule has 0 aromatic carbocycles. The van der Waals surface area contributed by atoms with Crippen LogP contribution in [0.3, 0.4) is 0 Å². The third-order valence-corrected chi connectivity index (χ3v) is 3.02. The number of hydrogen-bond acceptors (Lipinski definition) is 5. The fourth-order valence-electron chi connectivity index (χ4n) is 2.12. The van der Waals surface area contributed by atoms with Gasteiger partial charge in [0.25, 0.3) is 5.82 Å². The maximum absolute atomic E-state index is 12.8. The Morgan fingerprint density at radius 2 is 2.04 bits per heavy atom. The highest BCUT2D eigenvalue weighted by molar-refractivity contribution is 5.78. The van der Waals surface area contributed by atoms with E-state index in [1.54, 1.807) is 19.1 Å².